The molecule has 0 saturated carbocycles. The maximum absolute atomic E-state index is 13.2. The van der Waals surface area contributed by atoms with Crippen molar-refractivity contribution in [3.05, 3.63) is 52.5 Å². The highest BCUT2D eigenvalue weighted by atomic mass is 35.5. The van der Waals surface area contributed by atoms with E-state index in [0.717, 1.165) is 0 Å². The summed E-state index contributed by atoms with van der Waals surface area (Å²) in [7, 11) is -4.19. The second-order valence-electron chi connectivity index (χ2n) is 6.21. The molecule has 0 unspecified atom stereocenters. The minimum atomic E-state index is -4.19. The molecular weight excluding hydrogens is 437 g/mol. The highest BCUT2D eigenvalue weighted by molar-refractivity contribution is 7.93. The Kier molecular flexibility index (Phi) is 8.07. The second-order valence-corrected chi connectivity index (χ2v) is 8.84. The largest absolute Gasteiger partial charge is 0.425 e. The molecule has 0 heterocycles. The van der Waals surface area contributed by atoms with Crippen LogP contribution in [0.15, 0.2) is 47.4 Å². The third-order valence-electron chi connectivity index (χ3n) is 3.87. The van der Waals surface area contributed by atoms with Crippen LogP contribution in [0.5, 0.6) is 5.75 Å². The van der Waals surface area contributed by atoms with Gasteiger partial charge in [-0.25, -0.2) is 12.7 Å². The first kappa shape index (κ1) is 23.2. The lowest BCUT2D eigenvalue weighted by atomic mass is 10.2. The van der Waals surface area contributed by atoms with Crippen LogP contribution in [0.4, 0.5) is 5.69 Å². The molecule has 6 nitrogen and oxygen atoms in total. The lowest BCUT2D eigenvalue weighted by Gasteiger charge is -2.23. The Labute approximate surface area is 180 Å². The van der Waals surface area contributed by atoms with Crippen LogP contribution in [0.3, 0.4) is 0 Å². The lowest BCUT2D eigenvalue weighted by molar-refractivity contribution is -0.134. The summed E-state index contributed by atoms with van der Waals surface area (Å²) < 4.78 is 32.2. The summed E-state index contributed by atoms with van der Waals surface area (Å²) in [6.45, 7) is 3.61. The highest BCUT2D eigenvalue weighted by Gasteiger charge is 2.31. The van der Waals surface area contributed by atoms with Crippen molar-refractivity contribution >= 4 is 50.8 Å². The zero-order chi connectivity index (χ0) is 21.6. The number of anilines is 1. The van der Waals surface area contributed by atoms with Crippen LogP contribution in [0.1, 0.15) is 39.5 Å². The third kappa shape index (κ3) is 5.72. The summed E-state index contributed by atoms with van der Waals surface area (Å²) in [6, 6.07) is 9.55. The van der Waals surface area contributed by atoms with Crippen molar-refractivity contribution in [1.82, 2.24) is 0 Å². The molecule has 0 N–H and O–H groups in total. The van der Waals surface area contributed by atoms with Gasteiger partial charge in [-0.05, 0) is 55.3 Å². The number of rotatable bonds is 8. The molecule has 0 atom stereocenters. The molecule has 2 rings (SSSR count). The molecule has 1 amide bonds. The molecule has 29 heavy (non-hydrogen) atoms. The number of hydrogen-bond donors (Lipinski definition) is 0. The van der Waals surface area contributed by atoms with Crippen molar-refractivity contribution in [2.24, 2.45) is 0 Å². The van der Waals surface area contributed by atoms with Crippen LogP contribution in [0, 0.1) is 0 Å². The van der Waals surface area contributed by atoms with Crippen LogP contribution in [0.25, 0.3) is 0 Å². The van der Waals surface area contributed by atoms with E-state index in [0.29, 0.717) is 22.2 Å². The zero-order valence-electron chi connectivity index (χ0n) is 16.0. The predicted molar refractivity (Wildman–Crippen MR) is 113 cm³/mol. The van der Waals surface area contributed by atoms with Gasteiger partial charge in [-0.1, -0.05) is 37.0 Å². The van der Waals surface area contributed by atoms with Crippen LogP contribution in [-0.2, 0) is 19.6 Å². The minimum absolute atomic E-state index is 0.0209. The molecular formula is C20H21Cl2NO5S. The van der Waals surface area contributed by atoms with Crippen molar-refractivity contribution in [3.63, 3.8) is 0 Å². The molecule has 0 saturated heterocycles. The van der Waals surface area contributed by atoms with Crippen molar-refractivity contribution in [2.75, 3.05) is 4.31 Å². The van der Waals surface area contributed by atoms with Crippen LogP contribution in [0.2, 0.25) is 10.0 Å². The number of carbonyl (C=O) groups excluding carboxylic acids is 2. The van der Waals surface area contributed by atoms with Crippen LogP contribution < -0.4 is 9.04 Å². The summed E-state index contributed by atoms with van der Waals surface area (Å²) in [5.74, 6) is -0.954. The molecule has 2 aromatic carbocycles. The topological polar surface area (TPSA) is 80.8 Å². The van der Waals surface area contributed by atoms with Gasteiger partial charge in [-0.15, -0.1) is 0 Å². The molecule has 0 aliphatic rings. The van der Waals surface area contributed by atoms with Crippen LogP contribution >= 0.6 is 23.2 Å². The molecule has 9 heteroatoms. The number of benzene rings is 2. The SMILES string of the molecule is CCCC(=O)Oc1ccc(N(C(=O)CCC)S(=O)(=O)c2ccc(Cl)cc2)cc1Cl. The number of sulfonamides is 1. The first-order chi connectivity index (χ1) is 13.7. The number of amides is 1. The Morgan fingerprint density at radius 2 is 1.59 bits per heavy atom. The van der Waals surface area contributed by atoms with Crippen molar-refractivity contribution in [2.45, 2.75) is 44.4 Å². The van der Waals surface area contributed by atoms with E-state index >= 15 is 0 Å². The quantitative estimate of drug-likeness (QED) is 0.400. The first-order valence-corrected chi connectivity index (χ1v) is 11.2. The van der Waals surface area contributed by atoms with Gasteiger partial charge in [0.05, 0.1) is 15.6 Å². The number of ether oxygens (including phenoxy) is 1. The summed E-state index contributed by atoms with van der Waals surface area (Å²) >= 11 is 12.0. The normalized spacial score (nSPS) is 11.2. The lowest BCUT2D eigenvalue weighted by Crippen LogP contribution is -2.36. The van der Waals surface area contributed by atoms with E-state index in [1.807, 2.05) is 6.92 Å². The highest BCUT2D eigenvalue weighted by Crippen LogP contribution is 2.33. The Balaban J connectivity index is 2.48. The van der Waals surface area contributed by atoms with Gasteiger partial charge in [0.1, 0.15) is 5.75 Å². The summed E-state index contributed by atoms with van der Waals surface area (Å²) in [6.07, 6.45) is 1.33. The Bertz CT molecular complexity index is 990. The average Bonchev–Trinajstić information content (AvgIpc) is 2.64. The molecule has 2 aromatic rings. The summed E-state index contributed by atoms with van der Waals surface area (Å²) in [5, 5.41) is 0.393. The molecule has 0 fully saturated rings. The average molecular weight is 458 g/mol. The van der Waals surface area contributed by atoms with Gasteiger partial charge >= 0.3 is 5.97 Å². The summed E-state index contributed by atoms with van der Waals surface area (Å²) in [4.78, 5) is 24.3. The second kappa shape index (κ2) is 10.1. The summed E-state index contributed by atoms with van der Waals surface area (Å²) in [5.41, 5.74) is 0.0543. The van der Waals surface area contributed by atoms with Gasteiger partial charge in [0, 0.05) is 17.9 Å². The molecule has 156 valence electrons. The number of carbonyl (C=O) groups is 2. The number of hydrogen-bond acceptors (Lipinski definition) is 5. The maximum Gasteiger partial charge on any atom is 0.311 e. The van der Waals surface area contributed by atoms with Gasteiger partial charge in [-0.3, -0.25) is 9.59 Å². The van der Waals surface area contributed by atoms with Crippen LogP contribution in [-0.4, -0.2) is 20.3 Å². The van der Waals surface area contributed by atoms with E-state index in [1.54, 1.807) is 6.92 Å². The molecule has 0 spiro atoms. The monoisotopic (exact) mass is 457 g/mol. The fourth-order valence-electron chi connectivity index (χ4n) is 2.52. The molecule has 0 aliphatic heterocycles. The Morgan fingerprint density at radius 3 is 2.14 bits per heavy atom. The number of halogens is 2. The van der Waals surface area contributed by atoms with Crippen molar-refractivity contribution < 1.29 is 22.7 Å². The van der Waals surface area contributed by atoms with E-state index in [1.165, 1.54) is 42.5 Å². The van der Waals surface area contributed by atoms with Gasteiger partial charge < -0.3 is 4.74 Å². The van der Waals surface area contributed by atoms with E-state index in [9.17, 15) is 18.0 Å². The van der Waals surface area contributed by atoms with Gasteiger partial charge in [0.15, 0.2) is 0 Å². The first-order valence-electron chi connectivity index (χ1n) is 9.04. The fraction of sp³-hybridized carbons (Fsp3) is 0.300. The number of nitrogens with zero attached hydrogens (tertiary/aromatic N) is 1. The van der Waals surface area contributed by atoms with Gasteiger partial charge in [0.25, 0.3) is 10.0 Å². The third-order valence-corrected chi connectivity index (χ3v) is 6.18. The predicted octanol–water partition coefficient (Wildman–Crippen LogP) is 5.22. The fourth-order valence-corrected chi connectivity index (χ4v) is 4.30. The maximum atomic E-state index is 13.2. The molecule has 0 aromatic heterocycles. The van der Waals surface area contributed by atoms with Crippen molar-refractivity contribution in [3.8, 4) is 5.75 Å². The Hall–Kier alpha value is -2.09. The smallest absolute Gasteiger partial charge is 0.311 e. The van der Waals surface area contributed by atoms with Gasteiger partial charge in [0.2, 0.25) is 5.91 Å². The van der Waals surface area contributed by atoms with E-state index in [2.05, 4.69) is 0 Å². The van der Waals surface area contributed by atoms with E-state index < -0.39 is 21.9 Å². The van der Waals surface area contributed by atoms with Crippen molar-refractivity contribution in [1.29, 1.82) is 0 Å². The number of esters is 1. The molecule has 0 aliphatic carbocycles. The minimum Gasteiger partial charge on any atom is -0.425 e. The molecule has 0 radical (unpaired) electrons. The zero-order valence-corrected chi connectivity index (χ0v) is 18.4. The standard InChI is InChI=1S/C20H21Cl2NO5S/c1-3-5-19(24)23(29(26,27)16-10-7-14(21)8-11-16)15-9-12-18(17(22)13-15)28-20(25)6-4-2/h7-13H,3-6H2,1-2H3. The molecule has 0 bridgehead atoms. The van der Waals surface area contributed by atoms with Gasteiger partial charge in [-0.2, -0.15) is 0 Å². The Morgan fingerprint density at radius 1 is 0.966 bits per heavy atom. The van der Waals surface area contributed by atoms with E-state index in [-0.39, 0.29) is 34.2 Å². The van der Waals surface area contributed by atoms with E-state index in [4.69, 9.17) is 27.9 Å².